The van der Waals surface area contributed by atoms with E-state index in [2.05, 4.69) is 10.6 Å². The Bertz CT molecular complexity index is 1770. The van der Waals surface area contributed by atoms with Crippen LogP contribution < -0.4 is 16.4 Å². The molecule has 0 bridgehead atoms. The van der Waals surface area contributed by atoms with Crippen LogP contribution in [0.3, 0.4) is 0 Å². The van der Waals surface area contributed by atoms with Gasteiger partial charge in [0.2, 0.25) is 5.91 Å². The van der Waals surface area contributed by atoms with E-state index in [-0.39, 0.29) is 62.3 Å². The highest BCUT2D eigenvalue weighted by Gasteiger charge is 2.24. The van der Waals surface area contributed by atoms with E-state index in [9.17, 15) is 24.3 Å². The predicted molar refractivity (Wildman–Crippen MR) is 203 cm³/mol. The molecule has 5 N–H and O–H groups in total. The second kappa shape index (κ2) is 20.3. The molecule has 0 saturated heterocycles. The predicted octanol–water partition coefficient (Wildman–Crippen LogP) is 5.66. The van der Waals surface area contributed by atoms with E-state index in [0.29, 0.717) is 6.42 Å². The van der Waals surface area contributed by atoms with E-state index >= 15 is 0 Å². The first-order valence-electron chi connectivity index (χ1n) is 17.6. The lowest BCUT2D eigenvalue weighted by molar-refractivity contribution is -0.143. The number of phenols is 1. The topological polar surface area (TPSA) is 169 Å². The molecule has 4 aromatic carbocycles. The Morgan fingerprint density at radius 3 is 1.87 bits per heavy atom. The lowest BCUT2D eigenvalue weighted by Gasteiger charge is -2.20. The number of nitrogens with two attached hydrogens (primary N) is 1. The zero-order valence-corrected chi connectivity index (χ0v) is 30.4. The van der Waals surface area contributed by atoms with Crippen LogP contribution in [0.1, 0.15) is 53.1 Å². The number of carbonyl (C=O) groups excluding carboxylic acids is 4. The third-order valence-electron chi connectivity index (χ3n) is 8.65. The summed E-state index contributed by atoms with van der Waals surface area (Å²) in [6.07, 6.45) is -0.560. The number of nitrogens with zero attached hydrogens (tertiary/aromatic N) is 1. The van der Waals surface area contributed by atoms with Gasteiger partial charge in [-0.25, -0.2) is 4.79 Å². The number of ketones is 1. The van der Waals surface area contributed by atoms with Gasteiger partial charge in [0.15, 0.2) is 5.78 Å². The van der Waals surface area contributed by atoms with Crippen molar-refractivity contribution in [1.29, 1.82) is 0 Å². The van der Waals surface area contributed by atoms with E-state index in [4.69, 9.17) is 20.2 Å². The average Bonchev–Trinajstić information content (AvgIpc) is 3.14. The fraction of sp³-hybridized carbons (Fsp3) is 0.310. The number of carbonyl (C=O) groups is 4. The molecular weight excluding hydrogens is 672 g/mol. The van der Waals surface area contributed by atoms with Crippen molar-refractivity contribution >= 4 is 29.6 Å². The van der Waals surface area contributed by atoms with Crippen molar-refractivity contribution in [2.45, 2.75) is 71.8 Å². The van der Waals surface area contributed by atoms with Crippen molar-refractivity contribution in [3.05, 3.63) is 137 Å². The zero-order valence-electron chi connectivity index (χ0n) is 30.4. The number of aromatic hydroxyl groups is 1. The third-order valence-corrected chi connectivity index (χ3v) is 8.65. The first kappa shape index (κ1) is 40.0. The van der Waals surface area contributed by atoms with E-state index in [1.165, 1.54) is 0 Å². The summed E-state index contributed by atoms with van der Waals surface area (Å²) >= 11 is 0. The Morgan fingerprint density at radius 2 is 1.30 bits per heavy atom. The van der Waals surface area contributed by atoms with Gasteiger partial charge in [-0.2, -0.15) is 0 Å². The SMILES string of the molecule is Cc1cc(O)cc(C)c1C[C@H](N)C(=O)C[C@H](C)C(=O)NC[C@H](Cc1ccccc1)N=C(CC(=O)OCc1ccccc1)NC(=O)OCc1ccccc1. The third kappa shape index (κ3) is 13.7. The molecule has 278 valence electrons. The molecule has 0 fully saturated rings. The number of benzene rings is 4. The summed E-state index contributed by atoms with van der Waals surface area (Å²) in [5.74, 6) is -1.75. The number of hydrogen-bond donors (Lipinski definition) is 4. The Morgan fingerprint density at radius 1 is 0.774 bits per heavy atom. The number of ether oxygens (including phenoxy) is 2. The van der Waals surface area contributed by atoms with Crippen molar-refractivity contribution in [2.75, 3.05) is 6.54 Å². The highest BCUT2D eigenvalue weighted by molar-refractivity contribution is 6.04. The molecule has 11 nitrogen and oxygen atoms in total. The van der Waals surface area contributed by atoms with Gasteiger partial charge in [-0.3, -0.25) is 24.7 Å². The number of hydrogen-bond acceptors (Lipinski definition) is 9. The van der Waals surface area contributed by atoms with Gasteiger partial charge in [-0.1, -0.05) is 97.9 Å². The van der Waals surface area contributed by atoms with E-state index in [0.717, 1.165) is 33.4 Å². The molecule has 0 aliphatic carbocycles. The van der Waals surface area contributed by atoms with Crippen LogP contribution in [-0.2, 0) is 49.9 Å². The highest BCUT2D eigenvalue weighted by atomic mass is 16.5. The second-order valence-corrected chi connectivity index (χ2v) is 13.1. The fourth-order valence-corrected chi connectivity index (χ4v) is 5.76. The number of amidine groups is 1. The first-order chi connectivity index (χ1) is 25.5. The van der Waals surface area contributed by atoms with Crippen LogP contribution in [0.25, 0.3) is 0 Å². The van der Waals surface area contributed by atoms with Crippen LogP contribution in [0.4, 0.5) is 4.79 Å². The maximum Gasteiger partial charge on any atom is 0.412 e. The van der Waals surface area contributed by atoms with E-state index in [1.807, 2.05) is 105 Å². The van der Waals surface area contributed by atoms with Crippen LogP contribution in [0, 0.1) is 19.8 Å². The smallest absolute Gasteiger partial charge is 0.412 e. The Hall–Kier alpha value is -5.81. The van der Waals surface area contributed by atoms with Gasteiger partial charge in [0.05, 0.1) is 12.1 Å². The molecule has 0 saturated carbocycles. The summed E-state index contributed by atoms with van der Waals surface area (Å²) in [4.78, 5) is 57.0. The number of nitrogens with one attached hydrogen (secondary N) is 2. The molecule has 3 atom stereocenters. The van der Waals surface area contributed by atoms with Gasteiger partial charge < -0.3 is 25.6 Å². The number of esters is 1. The normalized spacial score (nSPS) is 12.9. The number of rotatable bonds is 17. The number of phenolic OH excluding ortho intramolecular Hbond substituents is 1. The van der Waals surface area contributed by atoms with Gasteiger partial charge in [0, 0.05) is 18.9 Å². The first-order valence-corrected chi connectivity index (χ1v) is 17.6. The number of alkyl carbamates (subject to hydrolysis) is 1. The zero-order chi connectivity index (χ0) is 38.2. The standard InChI is InChI=1S/C42H48N4O7/c1-28-19-35(47)20-29(2)36(28)23-37(43)38(48)21-30(3)41(50)44-25-34(22-31-13-7-4-8-14-31)45-39(24-40(49)52-26-32-15-9-5-10-16-32)46-42(51)53-27-33-17-11-6-12-18-33/h4-20,30,34,37,47H,21-27,43H2,1-3H3,(H,44,50)(H,45,46,51)/t30-,34-,37-/m0/s1. The minimum Gasteiger partial charge on any atom is -0.508 e. The molecule has 2 amide bonds. The van der Waals surface area contributed by atoms with Crippen molar-refractivity contribution in [2.24, 2.45) is 16.6 Å². The summed E-state index contributed by atoms with van der Waals surface area (Å²) in [7, 11) is 0. The molecular formula is C42H48N4O7. The average molecular weight is 721 g/mol. The van der Waals surface area contributed by atoms with E-state index in [1.54, 1.807) is 19.1 Å². The Kier molecular flexibility index (Phi) is 15.3. The molecule has 0 radical (unpaired) electrons. The monoisotopic (exact) mass is 720 g/mol. The van der Waals surface area contributed by atoms with Crippen molar-refractivity contribution in [3.8, 4) is 5.75 Å². The summed E-state index contributed by atoms with van der Waals surface area (Å²) in [6, 6.07) is 29.7. The molecule has 0 aliphatic rings. The van der Waals surface area contributed by atoms with Gasteiger partial charge in [-0.05, 0) is 72.2 Å². The van der Waals surface area contributed by atoms with Crippen LogP contribution in [0.2, 0.25) is 0 Å². The van der Waals surface area contributed by atoms with Crippen LogP contribution in [0.15, 0.2) is 108 Å². The summed E-state index contributed by atoms with van der Waals surface area (Å²) in [5, 5.41) is 15.4. The minimum atomic E-state index is -0.820. The largest absolute Gasteiger partial charge is 0.508 e. The van der Waals surface area contributed by atoms with Gasteiger partial charge in [0.1, 0.15) is 31.2 Å². The number of aryl methyl sites for hydroxylation is 2. The molecule has 0 aromatic heterocycles. The molecule has 53 heavy (non-hydrogen) atoms. The molecule has 0 spiro atoms. The molecule has 0 aliphatic heterocycles. The minimum absolute atomic E-state index is 0.0102. The Balaban J connectivity index is 1.45. The van der Waals surface area contributed by atoms with Crippen molar-refractivity contribution in [3.63, 3.8) is 0 Å². The van der Waals surface area contributed by atoms with Crippen LogP contribution in [-0.4, -0.2) is 53.3 Å². The number of amides is 2. The van der Waals surface area contributed by atoms with Crippen LogP contribution >= 0.6 is 0 Å². The number of aliphatic imine (C=N–C) groups is 1. The lowest BCUT2D eigenvalue weighted by atomic mass is 9.91. The highest BCUT2D eigenvalue weighted by Crippen LogP contribution is 2.22. The lowest BCUT2D eigenvalue weighted by Crippen LogP contribution is -2.40. The second-order valence-electron chi connectivity index (χ2n) is 13.1. The quantitative estimate of drug-likeness (QED) is 0.0616. The van der Waals surface area contributed by atoms with Gasteiger partial charge in [-0.15, -0.1) is 0 Å². The van der Waals surface area contributed by atoms with E-state index < -0.39 is 30.1 Å². The summed E-state index contributed by atoms with van der Waals surface area (Å²) < 4.78 is 10.9. The maximum atomic E-state index is 13.3. The van der Waals surface area contributed by atoms with Gasteiger partial charge in [0.25, 0.3) is 0 Å². The van der Waals surface area contributed by atoms with Crippen molar-refractivity contribution in [1.82, 2.24) is 10.6 Å². The summed E-state index contributed by atoms with van der Waals surface area (Å²) in [5.41, 5.74) is 11.4. The molecule has 11 heteroatoms. The molecule has 0 heterocycles. The number of Topliss-reactive ketones (excluding diaryl/α,β-unsaturated/α-hetero) is 1. The Labute approximate surface area is 310 Å². The molecule has 0 unspecified atom stereocenters. The maximum absolute atomic E-state index is 13.3. The molecule has 4 aromatic rings. The van der Waals surface area contributed by atoms with Crippen molar-refractivity contribution < 1.29 is 33.8 Å². The van der Waals surface area contributed by atoms with Crippen LogP contribution in [0.5, 0.6) is 5.75 Å². The fourth-order valence-electron chi connectivity index (χ4n) is 5.76. The van der Waals surface area contributed by atoms with Gasteiger partial charge >= 0.3 is 12.1 Å². The molecule has 4 rings (SSSR count). The summed E-state index contributed by atoms with van der Waals surface area (Å²) in [6.45, 7) is 5.47.